The minimum Gasteiger partial charge on any atom is -0.466 e. The molecule has 0 spiro atoms. The minimum absolute atomic E-state index is 0.0504. The zero-order chi connectivity index (χ0) is 25.9. The summed E-state index contributed by atoms with van der Waals surface area (Å²) in [6.45, 7) is 4.82. The first kappa shape index (κ1) is 26.7. The van der Waals surface area contributed by atoms with E-state index in [0.29, 0.717) is 30.9 Å². The van der Waals surface area contributed by atoms with Crippen LogP contribution in [0.2, 0.25) is 0 Å². The monoisotopic (exact) mass is 494 g/mol. The fourth-order valence-corrected chi connectivity index (χ4v) is 3.89. The summed E-state index contributed by atoms with van der Waals surface area (Å²) in [4.78, 5) is 51.3. The van der Waals surface area contributed by atoms with Crippen molar-refractivity contribution in [3.05, 3.63) is 65.7 Å². The molecule has 3 rings (SSSR count). The lowest BCUT2D eigenvalue weighted by Gasteiger charge is -2.34. The topological polar surface area (TPSA) is 117 Å². The van der Waals surface area contributed by atoms with Gasteiger partial charge in [-0.2, -0.15) is 0 Å². The van der Waals surface area contributed by atoms with Gasteiger partial charge in [-0.3, -0.25) is 19.2 Å². The number of hydrogen-bond donors (Lipinski definition) is 3. The van der Waals surface area contributed by atoms with Crippen molar-refractivity contribution in [2.24, 2.45) is 0 Å². The molecular weight excluding hydrogens is 460 g/mol. The van der Waals surface area contributed by atoms with Crippen LogP contribution < -0.4 is 16.0 Å². The Labute approximate surface area is 211 Å². The maximum atomic E-state index is 12.9. The first-order chi connectivity index (χ1) is 17.4. The molecule has 2 aromatic carbocycles. The molecule has 36 heavy (non-hydrogen) atoms. The molecular formula is C27H34N4O5. The van der Waals surface area contributed by atoms with Gasteiger partial charge in [-0.1, -0.05) is 43.7 Å². The number of piperazine rings is 1. The quantitative estimate of drug-likeness (QED) is 0.327. The molecule has 3 amide bonds. The van der Waals surface area contributed by atoms with Crippen molar-refractivity contribution in [3.8, 4) is 0 Å². The number of benzene rings is 2. The summed E-state index contributed by atoms with van der Waals surface area (Å²) < 4.78 is 5.17. The van der Waals surface area contributed by atoms with Crippen LogP contribution in [0.25, 0.3) is 0 Å². The van der Waals surface area contributed by atoms with E-state index in [-0.39, 0.29) is 36.7 Å². The van der Waals surface area contributed by atoms with Crippen molar-refractivity contribution >= 4 is 29.4 Å². The SMILES string of the molecule is CCCCOC(=O)CC1C(=O)NCCN1C(=O)CNc1ccc(C(=O)NC(C)c2ccccc2)cc1. The third-order valence-electron chi connectivity index (χ3n) is 6.01. The zero-order valence-corrected chi connectivity index (χ0v) is 20.8. The standard InChI is InChI=1S/C27H34N4O5/c1-3-4-16-36-25(33)17-23-27(35)28-14-15-31(23)24(32)18-29-22-12-10-21(11-13-22)26(34)30-19(2)20-8-6-5-7-9-20/h5-13,19,23,29H,3-4,14-18H2,1-2H3,(H,28,35)(H,30,34). The highest BCUT2D eigenvalue weighted by atomic mass is 16.5. The second kappa shape index (κ2) is 13.3. The van der Waals surface area contributed by atoms with Gasteiger partial charge in [0.25, 0.3) is 5.91 Å². The summed E-state index contributed by atoms with van der Waals surface area (Å²) in [5, 5.41) is 8.71. The van der Waals surface area contributed by atoms with Gasteiger partial charge >= 0.3 is 5.97 Å². The maximum absolute atomic E-state index is 12.9. The van der Waals surface area contributed by atoms with Gasteiger partial charge in [0.15, 0.2) is 0 Å². The lowest BCUT2D eigenvalue weighted by molar-refractivity contribution is -0.151. The van der Waals surface area contributed by atoms with Crippen molar-refractivity contribution in [2.75, 3.05) is 31.6 Å². The Bertz CT molecular complexity index is 1040. The molecule has 2 aromatic rings. The number of carbonyl (C=O) groups is 4. The Morgan fingerprint density at radius 2 is 1.83 bits per heavy atom. The maximum Gasteiger partial charge on any atom is 0.308 e. The highest BCUT2D eigenvalue weighted by molar-refractivity contribution is 5.95. The van der Waals surface area contributed by atoms with E-state index < -0.39 is 12.0 Å². The van der Waals surface area contributed by atoms with Gasteiger partial charge < -0.3 is 25.6 Å². The van der Waals surface area contributed by atoms with Crippen LogP contribution in [0.1, 0.15) is 55.1 Å². The lowest BCUT2D eigenvalue weighted by Crippen LogP contribution is -2.58. The van der Waals surface area contributed by atoms with Gasteiger partial charge in [-0.15, -0.1) is 0 Å². The molecule has 1 aliphatic rings. The number of amides is 3. The molecule has 1 heterocycles. The minimum atomic E-state index is -0.889. The van der Waals surface area contributed by atoms with Gasteiger partial charge in [-0.05, 0) is 43.2 Å². The second-order valence-corrected chi connectivity index (χ2v) is 8.71. The summed E-state index contributed by atoms with van der Waals surface area (Å²) in [6.07, 6.45) is 1.47. The molecule has 0 radical (unpaired) electrons. The van der Waals surface area contributed by atoms with Gasteiger partial charge in [0.1, 0.15) is 6.04 Å². The van der Waals surface area contributed by atoms with E-state index in [1.807, 2.05) is 44.2 Å². The molecule has 2 unspecified atom stereocenters. The fourth-order valence-electron chi connectivity index (χ4n) is 3.89. The van der Waals surface area contributed by atoms with Crippen LogP contribution in [0, 0.1) is 0 Å². The first-order valence-corrected chi connectivity index (χ1v) is 12.3. The van der Waals surface area contributed by atoms with E-state index >= 15 is 0 Å². The van der Waals surface area contributed by atoms with E-state index in [9.17, 15) is 19.2 Å². The van der Waals surface area contributed by atoms with E-state index in [2.05, 4.69) is 16.0 Å². The summed E-state index contributed by atoms with van der Waals surface area (Å²) in [7, 11) is 0. The van der Waals surface area contributed by atoms with Crippen LogP contribution in [-0.2, 0) is 19.1 Å². The number of carbonyl (C=O) groups excluding carboxylic acids is 4. The molecule has 9 nitrogen and oxygen atoms in total. The molecule has 192 valence electrons. The number of rotatable bonds is 11. The molecule has 1 saturated heterocycles. The predicted octanol–water partition coefficient (Wildman–Crippen LogP) is 2.65. The fraction of sp³-hybridized carbons (Fsp3) is 0.407. The van der Waals surface area contributed by atoms with E-state index in [0.717, 1.165) is 18.4 Å². The molecule has 0 aromatic heterocycles. The number of ether oxygens (including phenoxy) is 1. The molecule has 0 saturated carbocycles. The van der Waals surface area contributed by atoms with Crippen LogP contribution in [0.3, 0.4) is 0 Å². The number of hydrogen-bond acceptors (Lipinski definition) is 6. The Hall–Kier alpha value is -3.88. The molecule has 3 N–H and O–H groups in total. The number of unbranched alkanes of at least 4 members (excludes halogenated alkanes) is 1. The number of anilines is 1. The van der Waals surface area contributed by atoms with Crippen LogP contribution in [-0.4, -0.2) is 60.9 Å². The highest BCUT2D eigenvalue weighted by Gasteiger charge is 2.34. The van der Waals surface area contributed by atoms with Crippen molar-refractivity contribution in [1.82, 2.24) is 15.5 Å². The molecule has 0 aliphatic carbocycles. The third kappa shape index (κ3) is 7.56. The van der Waals surface area contributed by atoms with Crippen LogP contribution >= 0.6 is 0 Å². The van der Waals surface area contributed by atoms with E-state index in [1.54, 1.807) is 24.3 Å². The molecule has 1 aliphatic heterocycles. The summed E-state index contributed by atoms with van der Waals surface area (Å²) in [5.74, 6) is -1.34. The van der Waals surface area contributed by atoms with Crippen molar-refractivity contribution in [3.63, 3.8) is 0 Å². The van der Waals surface area contributed by atoms with Crippen molar-refractivity contribution in [1.29, 1.82) is 0 Å². The largest absolute Gasteiger partial charge is 0.466 e. The van der Waals surface area contributed by atoms with Crippen molar-refractivity contribution in [2.45, 2.75) is 45.2 Å². The third-order valence-corrected chi connectivity index (χ3v) is 6.01. The van der Waals surface area contributed by atoms with Gasteiger partial charge in [0, 0.05) is 24.3 Å². The molecule has 1 fully saturated rings. The molecule has 9 heteroatoms. The van der Waals surface area contributed by atoms with Gasteiger partial charge in [0.2, 0.25) is 11.8 Å². The Kier molecular flexibility index (Phi) is 9.85. The summed E-state index contributed by atoms with van der Waals surface area (Å²) in [5.41, 5.74) is 2.18. The Balaban J connectivity index is 1.52. The zero-order valence-electron chi connectivity index (χ0n) is 20.8. The number of nitrogens with one attached hydrogen (secondary N) is 3. The smallest absolute Gasteiger partial charge is 0.308 e. The first-order valence-electron chi connectivity index (χ1n) is 12.3. The van der Waals surface area contributed by atoms with Crippen molar-refractivity contribution < 1.29 is 23.9 Å². The lowest BCUT2D eigenvalue weighted by atomic mass is 10.1. The average molecular weight is 495 g/mol. The number of nitrogens with zero attached hydrogens (tertiary/aromatic N) is 1. The predicted molar refractivity (Wildman–Crippen MR) is 136 cm³/mol. The van der Waals surface area contributed by atoms with Crippen LogP contribution in [0.5, 0.6) is 0 Å². The summed E-state index contributed by atoms with van der Waals surface area (Å²) in [6, 6.07) is 15.5. The normalized spacial score (nSPS) is 16.0. The number of esters is 1. The van der Waals surface area contributed by atoms with E-state index in [1.165, 1.54) is 4.90 Å². The van der Waals surface area contributed by atoms with E-state index in [4.69, 9.17) is 4.74 Å². The highest BCUT2D eigenvalue weighted by Crippen LogP contribution is 2.15. The van der Waals surface area contributed by atoms with Gasteiger partial charge in [0.05, 0.1) is 25.6 Å². The Morgan fingerprint density at radius 1 is 1.11 bits per heavy atom. The van der Waals surface area contributed by atoms with Gasteiger partial charge in [-0.25, -0.2) is 0 Å². The summed E-state index contributed by atoms with van der Waals surface area (Å²) >= 11 is 0. The average Bonchev–Trinajstić information content (AvgIpc) is 2.89. The van der Waals surface area contributed by atoms with Crippen LogP contribution in [0.4, 0.5) is 5.69 Å². The molecule has 0 bridgehead atoms. The van der Waals surface area contributed by atoms with Crippen LogP contribution in [0.15, 0.2) is 54.6 Å². The molecule has 2 atom stereocenters. The second-order valence-electron chi connectivity index (χ2n) is 8.71. The Morgan fingerprint density at radius 3 is 2.53 bits per heavy atom.